The summed E-state index contributed by atoms with van der Waals surface area (Å²) >= 11 is 7.16. The van der Waals surface area contributed by atoms with E-state index in [0.29, 0.717) is 6.61 Å². The molecule has 1 aliphatic rings. The van der Waals surface area contributed by atoms with E-state index in [9.17, 15) is 0 Å². The lowest BCUT2D eigenvalue weighted by Crippen LogP contribution is -2.30. The highest BCUT2D eigenvalue weighted by Gasteiger charge is 2.24. The van der Waals surface area contributed by atoms with Crippen LogP contribution in [0.1, 0.15) is 22.7 Å². The summed E-state index contributed by atoms with van der Waals surface area (Å²) < 4.78 is 13.7. The highest BCUT2D eigenvalue weighted by Crippen LogP contribution is 2.38. The molecule has 0 spiro atoms. The van der Waals surface area contributed by atoms with Crippen molar-refractivity contribution in [2.75, 3.05) is 40.9 Å². The van der Waals surface area contributed by atoms with Gasteiger partial charge in [0.1, 0.15) is 6.61 Å². The van der Waals surface area contributed by atoms with E-state index in [-0.39, 0.29) is 6.04 Å². The van der Waals surface area contributed by atoms with E-state index in [1.54, 1.807) is 7.11 Å². The molecule has 1 unspecified atom stereocenters. The maximum atomic E-state index is 6.02. The summed E-state index contributed by atoms with van der Waals surface area (Å²) in [6, 6.07) is 10.8. The third kappa shape index (κ3) is 4.42. The Kier molecular flexibility index (Phi) is 6.61. The van der Waals surface area contributed by atoms with Gasteiger partial charge in [-0.3, -0.25) is 0 Å². The van der Waals surface area contributed by atoms with Gasteiger partial charge in [-0.15, -0.1) is 0 Å². The van der Waals surface area contributed by atoms with Crippen LogP contribution in [-0.2, 0) is 6.42 Å². The van der Waals surface area contributed by atoms with Crippen molar-refractivity contribution in [2.24, 2.45) is 0 Å². The number of hydrogen-bond donors (Lipinski definition) is 1. The smallest absolute Gasteiger partial charge is 0.161 e. The number of likely N-dealkylation sites (N-methyl/N-ethyl adjacent to an activating group) is 1. The van der Waals surface area contributed by atoms with E-state index in [2.05, 4.69) is 72.4 Å². The second kappa shape index (κ2) is 8.74. The molecule has 3 rings (SSSR count). The lowest BCUT2D eigenvalue weighted by atomic mass is 9.89. The first-order chi connectivity index (χ1) is 12.5. The molecule has 140 valence electrons. The normalized spacial score (nSPS) is 16.5. The van der Waals surface area contributed by atoms with Crippen LogP contribution >= 0.6 is 31.9 Å². The molecule has 4 nitrogen and oxygen atoms in total. The molecule has 2 aromatic rings. The van der Waals surface area contributed by atoms with Crippen LogP contribution in [0.3, 0.4) is 0 Å². The van der Waals surface area contributed by atoms with Crippen LogP contribution in [0.15, 0.2) is 39.3 Å². The van der Waals surface area contributed by atoms with Crippen molar-refractivity contribution in [1.82, 2.24) is 10.2 Å². The zero-order valence-electron chi connectivity index (χ0n) is 15.3. The topological polar surface area (TPSA) is 33.7 Å². The molecule has 1 atom stereocenters. The van der Waals surface area contributed by atoms with Crippen molar-refractivity contribution >= 4 is 31.9 Å². The minimum atomic E-state index is 0.144. The fourth-order valence-electron chi connectivity index (χ4n) is 3.16. The van der Waals surface area contributed by atoms with Gasteiger partial charge in [0.2, 0.25) is 0 Å². The number of nitrogens with one attached hydrogen (secondary N) is 1. The van der Waals surface area contributed by atoms with Gasteiger partial charge in [0.15, 0.2) is 11.5 Å². The first-order valence-corrected chi connectivity index (χ1v) is 10.2. The number of hydrogen-bond acceptors (Lipinski definition) is 4. The minimum Gasteiger partial charge on any atom is -0.493 e. The highest BCUT2D eigenvalue weighted by atomic mass is 79.9. The van der Waals surface area contributed by atoms with Gasteiger partial charge >= 0.3 is 0 Å². The quantitative estimate of drug-likeness (QED) is 0.660. The third-order valence-electron chi connectivity index (χ3n) is 4.55. The number of benzene rings is 2. The summed E-state index contributed by atoms with van der Waals surface area (Å²) in [5.74, 6) is 1.61. The Bertz CT molecular complexity index is 781. The SMILES string of the molecule is COc1cc2c(cc1OCCN(C)C)C(c1ccc(Br)c(Br)c1)NCC2. The molecule has 0 bridgehead atoms. The van der Waals surface area contributed by atoms with E-state index in [1.807, 2.05) is 14.1 Å². The Labute approximate surface area is 172 Å². The van der Waals surface area contributed by atoms with Crippen LogP contribution < -0.4 is 14.8 Å². The van der Waals surface area contributed by atoms with Crippen LogP contribution in [0, 0.1) is 0 Å². The fraction of sp³-hybridized carbons (Fsp3) is 0.400. The van der Waals surface area contributed by atoms with Gasteiger partial charge in [-0.2, -0.15) is 0 Å². The van der Waals surface area contributed by atoms with Gasteiger partial charge in [-0.25, -0.2) is 0 Å². The largest absolute Gasteiger partial charge is 0.493 e. The number of ether oxygens (including phenoxy) is 2. The van der Waals surface area contributed by atoms with Gasteiger partial charge < -0.3 is 19.7 Å². The van der Waals surface area contributed by atoms with E-state index < -0.39 is 0 Å². The predicted octanol–water partition coefficient (Wildman–Crippen LogP) is 4.40. The average molecular weight is 484 g/mol. The van der Waals surface area contributed by atoms with E-state index in [4.69, 9.17) is 9.47 Å². The van der Waals surface area contributed by atoms with E-state index in [1.165, 1.54) is 16.7 Å². The Balaban J connectivity index is 1.95. The molecule has 0 saturated heterocycles. The number of fused-ring (bicyclic) bond motifs is 1. The molecule has 1 aliphatic heterocycles. The predicted molar refractivity (Wildman–Crippen MR) is 112 cm³/mol. The number of rotatable bonds is 6. The van der Waals surface area contributed by atoms with Gasteiger partial charge in [0.25, 0.3) is 0 Å². The van der Waals surface area contributed by atoms with Crippen LogP contribution in [-0.4, -0.2) is 45.8 Å². The van der Waals surface area contributed by atoms with Crippen LogP contribution in [0.25, 0.3) is 0 Å². The molecule has 0 radical (unpaired) electrons. The van der Waals surface area contributed by atoms with Crippen molar-refractivity contribution in [3.8, 4) is 11.5 Å². The van der Waals surface area contributed by atoms with Crippen molar-refractivity contribution in [1.29, 1.82) is 0 Å². The molecular formula is C20H24Br2N2O2. The molecule has 0 aliphatic carbocycles. The molecule has 2 aromatic carbocycles. The van der Waals surface area contributed by atoms with Crippen molar-refractivity contribution in [3.63, 3.8) is 0 Å². The lowest BCUT2D eigenvalue weighted by Gasteiger charge is -2.29. The maximum Gasteiger partial charge on any atom is 0.161 e. The van der Waals surface area contributed by atoms with E-state index >= 15 is 0 Å². The first kappa shape index (κ1) is 19.7. The van der Waals surface area contributed by atoms with Crippen LogP contribution in [0.5, 0.6) is 11.5 Å². The first-order valence-electron chi connectivity index (χ1n) is 8.66. The number of methoxy groups -OCH3 is 1. The average Bonchev–Trinajstić information content (AvgIpc) is 2.62. The zero-order valence-corrected chi connectivity index (χ0v) is 18.5. The standard InChI is InChI=1S/C20H24Br2N2O2/c1-24(2)8-9-26-19-12-15-13(11-18(19)25-3)6-7-23-20(15)14-4-5-16(21)17(22)10-14/h4-5,10-12,20,23H,6-9H2,1-3H3. The molecule has 26 heavy (non-hydrogen) atoms. The van der Waals surface area contributed by atoms with Gasteiger partial charge in [-0.1, -0.05) is 6.07 Å². The summed E-state index contributed by atoms with van der Waals surface area (Å²) in [6.07, 6.45) is 0.984. The molecule has 1 N–H and O–H groups in total. The third-order valence-corrected chi connectivity index (χ3v) is 6.43. The zero-order chi connectivity index (χ0) is 18.7. The second-order valence-corrected chi connectivity index (χ2v) is 8.37. The monoisotopic (exact) mass is 482 g/mol. The number of halogens is 2. The molecule has 0 aromatic heterocycles. The Morgan fingerprint density at radius 1 is 1.12 bits per heavy atom. The molecule has 1 heterocycles. The summed E-state index contributed by atoms with van der Waals surface area (Å²) in [5.41, 5.74) is 3.79. The second-order valence-electron chi connectivity index (χ2n) is 6.66. The van der Waals surface area contributed by atoms with Crippen molar-refractivity contribution in [3.05, 3.63) is 56.0 Å². The lowest BCUT2D eigenvalue weighted by molar-refractivity contribution is 0.250. The Hall–Kier alpha value is -1.08. The van der Waals surface area contributed by atoms with Crippen LogP contribution in [0.4, 0.5) is 0 Å². The summed E-state index contributed by atoms with van der Waals surface area (Å²) in [4.78, 5) is 2.11. The minimum absolute atomic E-state index is 0.144. The molecule has 0 saturated carbocycles. The Morgan fingerprint density at radius 2 is 1.92 bits per heavy atom. The maximum absolute atomic E-state index is 6.02. The fourth-order valence-corrected chi connectivity index (χ4v) is 3.81. The summed E-state index contributed by atoms with van der Waals surface area (Å²) in [6.45, 7) is 2.43. The van der Waals surface area contributed by atoms with Crippen molar-refractivity contribution in [2.45, 2.75) is 12.5 Å². The molecule has 0 amide bonds. The van der Waals surface area contributed by atoms with Gasteiger partial charge in [0, 0.05) is 22.0 Å². The van der Waals surface area contributed by atoms with Gasteiger partial charge in [0.05, 0.1) is 13.2 Å². The molecule has 0 fully saturated rings. The highest BCUT2D eigenvalue weighted by molar-refractivity contribution is 9.13. The summed E-state index contributed by atoms with van der Waals surface area (Å²) in [7, 11) is 5.78. The molecular weight excluding hydrogens is 460 g/mol. The van der Waals surface area contributed by atoms with E-state index in [0.717, 1.165) is 40.0 Å². The summed E-state index contributed by atoms with van der Waals surface area (Å²) in [5, 5.41) is 3.64. The Morgan fingerprint density at radius 3 is 2.62 bits per heavy atom. The van der Waals surface area contributed by atoms with Gasteiger partial charge in [-0.05, 0) is 93.3 Å². The number of nitrogens with zero attached hydrogens (tertiary/aromatic N) is 1. The molecule has 6 heteroatoms. The van der Waals surface area contributed by atoms with Crippen LogP contribution in [0.2, 0.25) is 0 Å². The van der Waals surface area contributed by atoms with Crippen molar-refractivity contribution < 1.29 is 9.47 Å².